The highest BCUT2D eigenvalue weighted by molar-refractivity contribution is 5.88. The smallest absolute Gasteiger partial charge is 0.407 e. The minimum absolute atomic E-state index is 0.0583. The van der Waals surface area contributed by atoms with Crippen LogP contribution in [-0.4, -0.2) is 73.6 Å². The molecule has 10 heteroatoms. The van der Waals surface area contributed by atoms with E-state index in [1.165, 1.54) is 14.2 Å². The molecule has 3 aromatic rings. The third-order valence-corrected chi connectivity index (χ3v) is 7.11. The van der Waals surface area contributed by atoms with E-state index in [1.54, 1.807) is 18.2 Å². The maximum atomic E-state index is 13.8. The van der Waals surface area contributed by atoms with Gasteiger partial charge in [0.05, 0.1) is 33.0 Å². The summed E-state index contributed by atoms with van der Waals surface area (Å²) in [6.45, 7) is 4.63. The number of ether oxygens (including phenoxy) is 4. The lowest BCUT2D eigenvalue weighted by molar-refractivity contribution is -0.147. The maximum absolute atomic E-state index is 13.8. The van der Waals surface area contributed by atoms with Crippen molar-refractivity contribution in [1.82, 2.24) is 10.2 Å². The summed E-state index contributed by atoms with van der Waals surface area (Å²) in [5, 5.41) is 12.2. The number of benzene rings is 3. The van der Waals surface area contributed by atoms with E-state index in [2.05, 4.69) is 5.32 Å². The number of alkyl carbamates (subject to hydrolysis) is 1. The molecule has 2 N–H and O–H groups in total. The van der Waals surface area contributed by atoms with Crippen LogP contribution in [0.15, 0.2) is 66.7 Å². The van der Waals surface area contributed by atoms with Crippen molar-refractivity contribution >= 4 is 18.0 Å². The molecule has 0 unspecified atom stereocenters. The topological polar surface area (TPSA) is 124 Å². The molecule has 2 amide bonds. The van der Waals surface area contributed by atoms with Crippen LogP contribution in [0.3, 0.4) is 0 Å². The minimum Gasteiger partial charge on any atom is -0.497 e. The summed E-state index contributed by atoms with van der Waals surface area (Å²) in [5.41, 5.74) is 4.24. The molecule has 0 aromatic heterocycles. The number of carbonyl (C=O) groups is 3. The number of nitrogens with zero attached hydrogens (tertiary/aromatic N) is 1. The number of fused-ring (bicyclic) bond motifs is 3. The van der Waals surface area contributed by atoms with E-state index < -0.39 is 36.2 Å². The number of amides is 2. The number of carboxylic acid groups (broad SMARTS) is 1. The van der Waals surface area contributed by atoms with E-state index in [9.17, 15) is 19.5 Å². The molecule has 3 aromatic carbocycles. The normalized spacial score (nSPS) is 13.0. The van der Waals surface area contributed by atoms with Crippen LogP contribution in [0.4, 0.5) is 4.79 Å². The maximum Gasteiger partial charge on any atom is 0.407 e. The number of hydrogen-bond donors (Lipinski definition) is 2. The molecular weight excluding hydrogens is 552 g/mol. The van der Waals surface area contributed by atoms with Crippen molar-refractivity contribution in [2.24, 2.45) is 0 Å². The van der Waals surface area contributed by atoms with E-state index in [4.69, 9.17) is 18.9 Å². The fraction of sp³-hybridized carbons (Fsp3) is 0.364. The van der Waals surface area contributed by atoms with Gasteiger partial charge >= 0.3 is 12.1 Å². The van der Waals surface area contributed by atoms with Crippen LogP contribution in [0.1, 0.15) is 43.4 Å². The molecule has 0 saturated heterocycles. The number of hydrogen-bond acceptors (Lipinski definition) is 7. The Labute approximate surface area is 251 Å². The lowest BCUT2D eigenvalue weighted by Gasteiger charge is -2.29. The largest absolute Gasteiger partial charge is 0.497 e. The Kier molecular flexibility index (Phi) is 9.92. The molecule has 0 fully saturated rings. The summed E-state index contributed by atoms with van der Waals surface area (Å²) in [5.74, 6) is -1.04. The Bertz CT molecular complexity index is 1420. The first kappa shape index (κ1) is 31.4. The second-order valence-electron chi connectivity index (χ2n) is 11.2. The third-order valence-electron chi connectivity index (χ3n) is 7.11. The van der Waals surface area contributed by atoms with Crippen LogP contribution >= 0.6 is 0 Å². The molecule has 228 valence electrons. The van der Waals surface area contributed by atoms with E-state index in [0.717, 1.165) is 27.2 Å². The van der Waals surface area contributed by atoms with Crippen molar-refractivity contribution in [3.05, 3.63) is 83.4 Å². The first-order valence-electron chi connectivity index (χ1n) is 14.0. The molecule has 43 heavy (non-hydrogen) atoms. The van der Waals surface area contributed by atoms with Gasteiger partial charge in [-0.2, -0.15) is 0 Å². The number of nitrogens with one attached hydrogen (secondary N) is 1. The predicted molar refractivity (Wildman–Crippen MR) is 160 cm³/mol. The summed E-state index contributed by atoms with van der Waals surface area (Å²) in [4.78, 5) is 39.8. The van der Waals surface area contributed by atoms with Gasteiger partial charge in [-0.3, -0.25) is 9.59 Å². The van der Waals surface area contributed by atoms with Crippen LogP contribution in [0.25, 0.3) is 11.1 Å². The molecule has 0 saturated carbocycles. The molecule has 0 spiro atoms. The van der Waals surface area contributed by atoms with E-state index in [0.29, 0.717) is 17.1 Å². The zero-order valence-electron chi connectivity index (χ0n) is 25.1. The summed E-state index contributed by atoms with van der Waals surface area (Å²) in [6, 6.07) is 19.8. The van der Waals surface area contributed by atoms with Gasteiger partial charge in [0.2, 0.25) is 5.91 Å². The van der Waals surface area contributed by atoms with Gasteiger partial charge in [-0.1, -0.05) is 48.5 Å². The van der Waals surface area contributed by atoms with Gasteiger partial charge in [0.15, 0.2) is 0 Å². The predicted octanol–water partition coefficient (Wildman–Crippen LogP) is 4.84. The van der Waals surface area contributed by atoms with Crippen LogP contribution in [0, 0.1) is 0 Å². The molecule has 0 bridgehead atoms. The molecule has 1 atom stereocenters. The molecule has 0 radical (unpaired) electrons. The Morgan fingerprint density at radius 1 is 0.930 bits per heavy atom. The Balaban J connectivity index is 1.52. The van der Waals surface area contributed by atoms with Crippen LogP contribution < -0.4 is 14.8 Å². The summed E-state index contributed by atoms with van der Waals surface area (Å²) < 4.78 is 22.2. The number of carboxylic acids is 1. The van der Waals surface area contributed by atoms with Crippen LogP contribution in [0.2, 0.25) is 0 Å². The number of methoxy groups -OCH3 is 2. The minimum atomic E-state index is -1.21. The zero-order chi connectivity index (χ0) is 31.1. The number of rotatable bonds is 12. The van der Waals surface area contributed by atoms with Gasteiger partial charge < -0.3 is 34.3 Å². The fourth-order valence-electron chi connectivity index (χ4n) is 5.07. The summed E-state index contributed by atoms with van der Waals surface area (Å²) >= 11 is 0. The average molecular weight is 591 g/mol. The van der Waals surface area contributed by atoms with Gasteiger partial charge in [0, 0.05) is 17.5 Å². The quantitative estimate of drug-likeness (QED) is 0.307. The number of carbonyl (C=O) groups excluding carboxylic acids is 2. The third kappa shape index (κ3) is 7.84. The van der Waals surface area contributed by atoms with Crippen molar-refractivity contribution in [3.8, 4) is 22.6 Å². The summed E-state index contributed by atoms with van der Waals surface area (Å²) in [6.07, 6.45) is -0.810. The van der Waals surface area contributed by atoms with Gasteiger partial charge in [-0.25, -0.2) is 4.79 Å². The Morgan fingerprint density at radius 2 is 1.56 bits per heavy atom. The van der Waals surface area contributed by atoms with E-state index in [-0.39, 0.29) is 25.7 Å². The molecule has 1 aliphatic rings. The lowest BCUT2D eigenvalue weighted by atomic mass is 9.98. The average Bonchev–Trinajstić information content (AvgIpc) is 3.30. The standard InChI is InChI=1S/C33H38N2O8/c1-33(2,3)43-20-28(31(38)35(18-30(36)37)17-21-14-15-22(40-4)16-29(21)41-5)34-32(39)42-19-27-25-12-8-6-10-23(25)24-11-7-9-13-26(24)27/h6-16,27-28H,17-20H2,1-5H3,(H,34,39)(H,36,37)/t28-/m0/s1. The zero-order valence-corrected chi connectivity index (χ0v) is 25.1. The second kappa shape index (κ2) is 13.6. The molecule has 1 aliphatic carbocycles. The first-order chi connectivity index (χ1) is 20.5. The highest BCUT2D eigenvalue weighted by Crippen LogP contribution is 2.44. The molecule has 0 heterocycles. The molecular formula is C33H38N2O8. The van der Waals surface area contributed by atoms with Gasteiger partial charge in [-0.05, 0) is 55.2 Å². The van der Waals surface area contributed by atoms with Crippen molar-refractivity contribution in [1.29, 1.82) is 0 Å². The van der Waals surface area contributed by atoms with Crippen molar-refractivity contribution < 1.29 is 38.4 Å². The van der Waals surface area contributed by atoms with E-state index in [1.807, 2.05) is 69.3 Å². The second-order valence-corrected chi connectivity index (χ2v) is 11.2. The molecule has 4 rings (SSSR count). The Hall–Kier alpha value is -4.57. The first-order valence-corrected chi connectivity index (χ1v) is 14.0. The highest BCUT2D eigenvalue weighted by atomic mass is 16.6. The lowest BCUT2D eigenvalue weighted by Crippen LogP contribution is -2.52. The molecule has 0 aliphatic heterocycles. The van der Waals surface area contributed by atoms with Gasteiger partial charge in [0.25, 0.3) is 0 Å². The highest BCUT2D eigenvalue weighted by Gasteiger charge is 2.32. The van der Waals surface area contributed by atoms with Gasteiger partial charge in [-0.15, -0.1) is 0 Å². The number of aliphatic carboxylic acids is 1. The van der Waals surface area contributed by atoms with Crippen molar-refractivity contribution in [2.75, 3.05) is 34.0 Å². The van der Waals surface area contributed by atoms with E-state index >= 15 is 0 Å². The fourth-order valence-corrected chi connectivity index (χ4v) is 5.07. The molecule has 10 nitrogen and oxygen atoms in total. The van der Waals surface area contributed by atoms with Crippen molar-refractivity contribution in [3.63, 3.8) is 0 Å². The SMILES string of the molecule is COc1ccc(CN(CC(=O)O)C(=O)[C@H](COC(C)(C)C)NC(=O)OCC2c3ccccc3-c3ccccc32)c(OC)c1. The van der Waals surface area contributed by atoms with Crippen molar-refractivity contribution in [2.45, 2.75) is 44.9 Å². The van der Waals surface area contributed by atoms with Crippen LogP contribution in [-0.2, 0) is 25.6 Å². The monoisotopic (exact) mass is 590 g/mol. The Morgan fingerprint density at radius 3 is 2.12 bits per heavy atom. The van der Waals surface area contributed by atoms with Gasteiger partial charge in [0.1, 0.15) is 30.7 Å². The summed E-state index contributed by atoms with van der Waals surface area (Å²) in [7, 11) is 2.99. The van der Waals surface area contributed by atoms with Crippen LogP contribution in [0.5, 0.6) is 11.5 Å².